The largest absolute Gasteiger partial charge is 0.493 e. The van der Waals surface area contributed by atoms with Gasteiger partial charge in [-0.05, 0) is 37.3 Å². The molecule has 0 atom stereocenters. The number of hydrogen-bond donors (Lipinski definition) is 0. The Morgan fingerprint density at radius 2 is 1.63 bits per heavy atom. The summed E-state index contributed by atoms with van der Waals surface area (Å²) in [6.07, 6.45) is 3.89. The number of benzene rings is 1. The fourth-order valence-electron chi connectivity index (χ4n) is 2.77. The van der Waals surface area contributed by atoms with E-state index in [9.17, 15) is 4.79 Å². The van der Waals surface area contributed by atoms with Crippen LogP contribution >= 0.6 is 0 Å². The van der Waals surface area contributed by atoms with E-state index in [1.807, 2.05) is 6.07 Å². The number of rotatable bonds is 2. The van der Waals surface area contributed by atoms with E-state index >= 15 is 0 Å². The Hall–Kier alpha value is -1.97. The maximum atomic E-state index is 12.0. The van der Waals surface area contributed by atoms with Crippen molar-refractivity contribution < 1.29 is 13.9 Å². The van der Waals surface area contributed by atoms with Gasteiger partial charge in [-0.25, -0.2) is 4.79 Å². The van der Waals surface area contributed by atoms with Gasteiger partial charge in [-0.15, -0.1) is 0 Å². The molecule has 19 heavy (non-hydrogen) atoms. The summed E-state index contributed by atoms with van der Waals surface area (Å²) in [6.45, 7) is 0. The maximum Gasteiger partial charge on any atom is 0.339 e. The SMILES string of the molecule is COc1cc2oc(=O)c3c(c2cc1OC)CCCC3. The van der Waals surface area contributed by atoms with E-state index in [0.717, 1.165) is 42.2 Å². The highest BCUT2D eigenvalue weighted by Crippen LogP contribution is 2.35. The van der Waals surface area contributed by atoms with Crippen LogP contribution in [0.2, 0.25) is 0 Å². The molecular weight excluding hydrogens is 244 g/mol. The maximum absolute atomic E-state index is 12.0. The molecule has 0 unspecified atom stereocenters. The third kappa shape index (κ3) is 1.87. The third-order valence-electron chi connectivity index (χ3n) is 3.73. The van der Waals surface area contributed by atoms with Crippen LogP contribution in [-0.2, 0) is 12.8 Å². The van der Waals surface area contributed by atoms with E-state index in [0.29, 0.717) is 17.1 Å². The summed E-state index contributed by atoms with van der Waals surface area (Å²) in [5.41, 5.74) is 2.29. The Balaban J connectivity index is 2.35. The molecule has 4 nitrogen and oxygen atoms in total. The third-order valence-corrected chi connectivity index (χ3v) is 3.73. The highest BCUT2D eigenvalue weighted by molar-refractivity contribution is 5.85. The van der Waals surface area contributed by atoms with Crippen molar-refractivity contribution in [2.75, 3.05) is 14.2 Å². The molecule has 2 aromatic rings. The van der Waals surface area contributed by atoms with Gasteiger partial charge in [0.1, 0.15) is 5.58 Å². The fourth-order valence-corrected chi connectivity index (χ4v) is 2.77. The predicted octanol–water partition coefficient (Wildman–Crippen LogP) is 2.69. The van der Waals surface area contributed by atoms with Crippen molar-refractivity contribution in [3.8, 4) is 11.5 Å². The van der Waals surface area contributed by atoms with E-state index in [1.54, 1.807) is 20.3 Å². The summed E-state index contributed by atoms with van der Waals surface area (Å²) in [6, 6.07) is 3.63. The van der Waals surface area contributed by atoms with Gasteiger partial charge in [0.15, 0.2) is 11.5 Å². The molecule has 0 aliphatic heterocycles. The van der Waals surface area contributed by atoms with E-state index in [4.69, 9.17) is 13.9 Å². The second-order valence-corrected chi connectivity index (χ2v) is 4.76. The van der Waals surface area contributed by atoms with Gasteiger partial charge in [-0.3, -0.25) is 0 Å². The van der Waals surface area contributed by atoms with E-state index in [2.05, 4.69) is 0 Å². The van der Waals surface area contributed by atoms with Crippen LogP contribution < -0.4 is 15.1 Å². The first-order chi connectivity index (χ1) is 9.24. The van der Waals surface area contributed by atoms with Crippen molar-refractivity contribution in [2.45, 2.75) is 25.7 Å². The zero-order valence-electron chi connectivity index (χ0n) is 11.1. The first-order valence-electron chi connectivity index (χ1n) is 6.45. The molecule has 4 heteroatoms. The minimum Gasteiger partial charge on any atom is -0.493 e. The molecule has 0 bridgehead atoms. The Kier molecular flexibility index (Phi) is 2.93. The quantitative estimate of drug-likeness (QED) is 0.779. The van der Waals surface area contributed by atoms with Gasteiger partial charge in [-0.2, -0.15) is 0 Å². The number of aryl methyl sites for hydroxylation is 1. The van der Waals surface area contributed by atoms with Crippen LogP contribution in [0.3, 0.4) is 0 Å². The second kappa shape index (κ2) is 4.61. The molecule has 1 aliphatic carbocycles. The van der Waals surface area contributed by atoms with E-state index in [1.165, 1.54) is 0 Å². The van der Waals surface area contributed by atoms with Crippen molar-refractivity contribution in [1.29, 1.82) is 0 Å². The standard InChI is InChI=1S/C15H16O4/c1-17-13-7-11-9-5-3-4-6-10(9)15(16)19-12(11)8-14(13)18-2/h7-8H,3-6H2,1-2H3. The summed E-state index contributed by atoms with van der Waals surface area (Å²) in [4.78, 5) is 12.0. The molecule has 0 fully saturated rings. The molecule has 0 N–H and O–H groups in total. The molecule has 0 radical (unpaired) electrons. The zero-order valence-corrected chi connectivity index (χ0v) is 11.1. The van der Waals surface area contributed by atoms with Crippen molar-refractivity contribution in [3.63, 3.8) is 0 Å². The molecule has 0 saturated heterocycles. The lowest BCUT2D eigenvalue weighted by atomic mass is 9.90. The Labute approximate surface area is 110 Å². The summed E-state index contributed by atoms with van der Waals surface area (Å²) in [5.74, 6) is 1.24. The minimum atomic E-state index is -0.214. The van der Waals surface area contributed by atoms with Crippen molar-refractivity contribution in [1.82, 2.24) is 0 Å². The predicted molar refractivity (Wildman–Crippen MR) is 72.2 cm³/mol. The molecule has 1 aliphatic rings. The molecule has 1 heterocycles. The average Bonchev–Trinajstić information content (AvgIpc) is 2.46. The number of fused-ring (bicyclic) bond motifs is 3. The summed E-state index contributed by atoms with van der Waals surface area (Å²) in [5, 5.41) is 0.965. The van der Waals surface area contributed by atoms with Crippen LogP contribution in [0.15, 0.2) is 21.3 Å². The Morgan fingerprint density at radius 1 is 1.00 bits per heavy atom. The molecule has 1 aromatic carbocycles. The number of ether oxygens (including phenoxy) is 2. The monoisotopic (exact) mass is 260 g/mol. The molecule has 0 amide bonds. The van der Waals surface area contributed by atoms with Crippen molar-refractivity contribution >= 4 is 11.0 Å². The molecule has 100 valence electrons. The zero-order chi connectivity index (χ0) is 13.4. The highest BCUT2D eigenvalue weighted by atomic mass is 16.5. The molecule has 3 rings (SSSR count). The lowest BCUT2D eigenvalue weighted by molar-refractivity contribution is 0.355. The van der Waals surface area contributed by atoms with E-state index < -0.39 is 0 Å². The molecule has 1 aromatic heterocycles. The number of methoxy groups -OCH3 is 2. The van der Waals surface area contributed by atoms with Crippen LogP contribution in [0.25, 0.3) is 11.0 Å². The molecular formula is C15H16O4. The number of hydrogen-bond acceptors (Lipinski definition) is 4. The van der Waals surface area contributed by atoms with Gasteiger partial charge >= 0.3 is 5.63 Å². The van der Waals surface area contributed by atoms with Gasteiger partial charge in [0, 0.05) is 17.0 Å². The van der Waals surface area contributed by atoms with Crippen LogP contribution in [-0.4, -0.2) is 14.2 Å². The molecule has 0 saturated carbocycles. The first-order valence-corrected chi connectivity index (χ1v) is 6.45. The first kappa shape index (κ1) is 12.1. The average molecular weight is 260 g/mol. The minimum absolute atomic E-state index is 0.214. The smallest absolute Gasteiger partial charge is 0.339 e. The van der Waals surface area contributed by atoms with Gasteiger partial charge < -0.3 is 13.9 Å². The van der Waals surface area contributed by atoms with Crippen LogP contribution in [0.1, 0.15) is 24.0 Å². The van der Waals surface area contributed by atoms with Gasteiger partial charge in [0.25, 0.3) is 0 Å². The van der Waals surface area contributed by atoms with Crippen LogP contribution in [0.5, 0.6) is 11.5 Å². The lowest BCUT2D eigenvalue weighted by Crippen LogP contribution is -2.15. The summed E-state index contributed by atoms with van der Waals surface area (Å²) >= 11 is 0. The Bertz CT molecular complexity index is 685. The van der Waals surface area contributed by atoms with Gasteiger partial charge in [0.2, 0.25) is 0 Å². The van der Waals surface area contributed by atoms with Crippen molar-refractivity contribution in [3.05, 3.63) is 33.7 Å². The van der Waals surface area contributed by atoms with E-state index in [-0.39, 0.29) is 5.63 Å². The highest BCUT2D eigenvalue weighted by Gasteiger charge is 2.19. The topological polar surface area (TPSA) is 48.7 Å². The van der Waals surface area contributed by atoms with Crippen LogP contribution in [0, 0.1) is 0 Å². The fraction of sp³-hybridized carbons (Fsp3) is 0.400. The summed E-state index contributed by atoms with van der Waals surface area (Å²) in [7, 11) is 3.18. The summed E-state index contributed by atoms with van der Waals surface area (Å²) < 4.78 is 16.0. The molecule has 0 spiro atoms. The Morgan fingerprint density at radius 3 is 2.32 bits per heavy atom. The van der Waals surface area contributed by atoms with Gasteiger partial charge in [-0.1, -0.05) is 0 Å². The van der Waals surface area contributed by atoms with Crippen LogP contribution in [0.4, 0.5) is 0 Å². The normalized spacial score (nSPS) is 14.2. The van der Waals surface area contributed by atoms with Gasteiger partial charge in [0.05, 0.1) is 14.2 Å². The lowest BCUT2D eigenvalue weighted by Gasteiger charge is -2.17. The second-order valence-electron chi connectivity index (χ2n) is 4.76. The van der Waals surface area contributed by atoms with Crippen molar-refractivity contribution in [2.24, 2.45) is 0 Å².